The molecule has 2 aliphatic heterocycles. The number of nitrogens with one attached hydrogen (secondary N) is 2. The summed E-state index contributed by atoms with van der Waals surface area (Å²) in [5, 5.41) is 5.42. The SMILES string of the molecule is Cc1cccc(N2CCN(C(=O)NC[C@H](c3cccs3)[NH+]3CCC(C)CC3)CC2)c1. The van der Waals surface area contributed by atoms with Crippen LogP contribution in [0.5, 0.6) is 0 Å². The largest absolute Gasteiger partial charge is 0.368 e. The average molecular weight is 428 g/mol. The number of rotatable bonds is 5. The highest BCUT2D eigenvalue weighted by atomic mass is 32.1. The maximum atomic E-state index is 12.9. The van der Waals surface area contributed by atoms with Crippen molar-refractivity contribution in [2.75, 3.05) is 50.7 Å². The van der Waals surface area contributed by atoms with E-state index in [1.807, 2.05) is 16.2 Å². The minimum atomic E-state index is 0.0882. The fraction of sp³-hybridized carbons (Fsp3) is 0.542. The van der Waals surface area contributed by atoms with Crippen LogP contribution in [-0.4, -0.2) is 56.7 Å². The van der Waals surface area contributed by atoms with Crippen molar-refractivity contribution >= 4 is 23.1 Å². The number of quaternary nitrogens is 1. The zero-order valence-corrected chi connectivity index (χ0v) is 19.1. The molecule has 5 nitrogen and oxygen atoms in total. The Morgan fingerprint density at radius 1 is 1.17 bits per heavy atom. The van der Waals surface area contributed by atoms with Gasteiger partial charge in [0.1, 0.15) is 6.04 Å². The van der Waals surface area contributed by atoms with Gasteiger partial charge in [-0.15, -0.1) is 11.3 Å². The van der Waals surface area contributed by atoms with Gasteiger partial charge in [0.25, 0.3) is 0 Å². The lowest BCUT2D eigenvalue weighted by Gasteiger charge is -2.37. The molecule has 2 aliphatic rings. The molecule has 0 radical (unpaired) electrons. The number of anilines is 1. The first-order valence-electron chi connectivity index (χ1n) is 11.3. The molecule has 3 heterocycles. The Morgan fingerprint density at radius 3 is 2.60 bits per heavy atom. The summed E-state index contributed by atoms with van der Waals surface area (Å²) in [5.41, 5.74) is 2.54. The van der Waals surface area contributed by atoms with Gasteiger partial charge in [-0.3, -0.25) is 0 Å². The second-order valence-electron chi connectivity index (χ2n) is 8.91. The minimum absolute atomic E-state index is 0.0882. The average Bonchev–Trinajstić information content (AvgIpc) is 3.30. The van der Waals surface area contributed by atoms with Crippen LogP contribution in [0.2, 0.25) is 0 Å². The molecule has 1 atom stereocenters. The number of urea groups is 1. The number of carbonyl (C=O) groups is 1. The maximum Gasteiger partial charge on any atom is 0.317 e. The number of amides is 2. The van der Waals surface area contributed by atoms with E-state index in [9.17, 15) is 4.79 Å². The normalized spacial score (nSPS) is 23.3. The third kappa shape index (κ3) is 5.16. The van der Waals surface area contributed by atoms with Crippen LogP contribution < -0.4 is 15.1 Å². The van der Waals surface area contributed by atoms with Crippen LogP contribution in [0.1, 0.15) is 36.2 Å². The molecule has 0 spiro atoms. The van der Waals surface area contributed by atoms with E-state index < -0.39 is 0 Å². The van der Waals surface area contributed by atoms with Gasteiger partial charge in [-0.2, -0.15) is 0 Å². The molecule has 6 heteroatoms. The summed E-state index contributed by atoms with van der Waals surface area (Å²) in [6, 6.07) is 13.4. The summed E-state index contributed by atoms with van der Waals surface area (Å²) in [6.07, 6.45) is 2.57. The number of carbonyl (C=O) groups excluding carboxylic acids is 1. The number of piperazine rings is 1. The fourth-order valence-corrected chi connectivity index (χ4v) is 5.60. The number of aryl methyl sites for hydroxylation is 1. The predicted molar refractivity (Wildman–Crippen MR) is 125 cm³/mol. The topological polar surface area (TPSA) is 40.0 Å². The smallest absolute Gasteiger partial charge is 0.317 e. The van der Waals surface area contributed by atoms with Crippen molar-refractivity contribution < 1.29 is 9.69 Å². The Morgan fingerprint density at radius 2 is 1.93 bits per heavy atom. The zero-order chi connectivity index (χ0) is 20.9. The lowest BCUT2D eigenvalue weighted by atomic mass is 9.97. The zero-order valence-electron chi connectivity index (χ0n) is 18.3. The molecule has 4 rings (SSSR count). The van der Waals surface area contributed by atoms with Crippen LogP contribution >= 0.6 is 11.3 Å². The van der Waals surface area contributed by atoms with Gasteiger partial charge in [0.2, 0.25) is 0 Å². The summed E-state index contributed by atoms with van der Waals surface area (Å²) in [5.74, 6) is 0.831. The molecule has 0 saturated carbocycles. The molecule has 1 aromatic carbocycles. The van der Waals surface area contributed by atoms with Crippen LogP contribution in [0, 0.1) is 12.8 Å². The Labute approximate surface area is 184 Å². The molecule has 162 valence electrons. The Balaban J connectivity index is 1.31. The quantitative estimate of drug-likeness (QED) is 0.770. The van der Waals surface area contributed by atoms with Gasteiger partial charge in [0.15, 0.2) is 0 Å². The van der Waals surface area contributed by atoms with Crippen molar-refractivity contribution in [2.45, 2.75) is 32.7 Å². The van der Waals surface area contributed by atoms with E-state index in [1.165, 1.54) is 42.1 Å². The van der Waals surface area contributed by atoms with Crippen LogP contribution in [0.4, 0.5) is 10.5 Å². The lowest BCUT2D eigenvalue weighted by Crippen LogP contribution is -3.14. The maximum absolute atomic E-state index is 12.9. The molecule has 2 saturated heterocycles. The number of thiophene rings is 1. The lowest BCUT2D eigenvalue weighted by molar-refractivity contribution is -0.935. The van der Waals surface area contributed by atoms with E-state index in [0.29, 0.717) is 6.04 Å². The van der Waals surface area contributed by atoms with Crippen LogP contribution in [0.25, 0.3) is 0 Å². The first-order chi connectivity index (χ1) is 14.6. The predicted octanol–water partition coefficient (Wildman–Crippen LogP) is 2.94. The summed E-state index contributed by atoms with van der Waals surface area (Å²) in [6.45, 7) is 10.9. The standard InChI is InChI=1S/C24H34N4OS/c1-19-8-10-27(11-9-19)22(23-7-4-16-30-23)18-25-24(29)28-14-12-26(13-15-28)21-6-3-5-20(2)17-21/h3-7,16-17,19,22H,8-15,18H2,1-2H3,(H,25,29)/p+1/t22-/m1/s1. The van der Waals surface area contributed by atoms with E-state index in [4.69, 9.17) is 0 Å². The fourth-order valence-electron chi connectivity index (χ4n) is 4.71. The summed E-state index contributed by atoms with van der Waals surface area (Å²) < 4.78 is 0. The van der Waals surface area contributed by atoms with Crippen molar-refractivity contribution in [1.82, 2.24) is 10.2 Å². The molecular weight excluding hydrogens is 392 g/mol. The number of likely N-dealkylation sites (tertiary alicyclic amines) is 1. The van der Waals surface area contributed by atoms with Gasteiger partial charge in [-0.05, 0) is 54.8 Å². The minimum Gasteiger partial charge on any atom is -0.368 e. The molecule has 0 aliphatic carbocycles. The van der Waals surface area contributed by atoms with Gasteiger partial charge in [-0.1, -0.05) is 25.1 Å². The molecule has 2 N–H and O–H groups in total. The number of benzene rings is 1. The van der Waals surface area contributed by atoms with Crippen molar-refractivity contribution in [1.29, 1.82) is 0 Å². The highest BCUT2D eigenvalue weighted by molar-refractivity contribution is 7.10. The monoisotopic (exact) mass is 427 g/mol. The third-order valence-corrected chi connectivity index (χ3v) is 7.67. The molecule has 30 heavy (non-hydrogen) atoms. The van der Waals surface area contributed by atoms with Crippen LogP contribution in [-0.2, 0) is 0 Å². The van der Waals surface area contributed by atoms with E-state index in [-0.39, 0.29) is 6.03 Å². The first kappa shape index (κ1) is 21.2. The second-order valence-corrected chi connectivity index (χ2v) is 9.89. The van der Waals surface area contributed by atoms with Gasteiger partial charge in [0.05, 0.1) is 24.5 Å². The molecule has 2 fully saturated rings. The molecule has 1 aromatic heterocycles. The molecule has 2 amide bonds. The summed E-state index contributed by atoms with van der Waals surface area (Å²) in [4.78, 5) is 20.3. The van der Waals surface area contributed by atoms with Crippen LogP contribution in [0.3, 0.4) is 0 Å². The third-order valence-electron chi connectivity index (χ3n) is 6.69. The Kier molecular flexibility index (Phi) is 6.95. The number of hydrogen-bond donors (Lipinski definition) is 2. The molecular formula is C24H35N4OS+. The second kappa shape index (κ2) is 9.84. The van der Waals surface area contributed by atoms with Gasteiger partial charge in [0, 0.05) is 31.9 Å². The summed E-state index contributed by atoms with van der Waals surface area (Å²) in [7, 11) is 0. The number of piperidine rings is 1. The first-order valence-corrected chi connectivity index (χ1v) is 12.2. The molecule has 0 unspecified atom stereocenters. The van der Waals surface area contributed by atoms with Crippen LogP contribution in [0.15, 0.2) is 41.8 Å². The highest BCUT2D eigenvalue weighted by Crippen LogP contribution is 2.19. The molecule has 0 bridgehead atoms. The van der Waals surface area contributed by atoms with Crippen molar-refractivity contribution in [3.05, 3.63) is 52.2 Å². The van der Waals surface area contributed by atoms with Gasteiger partial charge >= 0.3 is 6.03 Å². The van der Waals surface area contributed by atoms with Gasteiger partial charge < -0.3 is 20.0 Å². The van der Waals surface area contributed by atoms with Crippen molar-refractivity contribution in [3.8, 4) is 0 Å². The van der Waals surface area contributed by atoms with E-state index in [0.717, 1.165) is 38.6 Å². The number of nitrogens with zero attached hydrogens (tertiary/aromatic N) is 2. The van der Waals surface area contributed by atoms with E-state index >= 15 is 0 Å². The summed E-state index contributed by atoms with van der Waals surface area (Å²) >= 11 is 1.82. The highest BCUT2D eigenvalue weighted by Gasteiger charge is 2.30. The van der Waals surface area contributed by atoms with Crippen molar-refractivity contribution in [2.24, 2.45) is 5.92 Å². The van der Waals surface area contributed by atoms with E-state index in [1.54, 1.807) is 4.90 Å². The number of hydrogen-bond acceptors (Lipinski definition) is 3. The van der Waals surface area contributed by atoms with E-state index in [2.05, 4.69) is 65.8 Å². The van der Waals surface area contributed by atoms with Gasteiger partial charge in [-0.25, -0.2) is 4.79 Å². The Hall–Kier alpha value is -2.05. The Bertz CT molecular complexity index is 808. The van der Waals surface area contributed by atoms with Crippen molar-refractivity contribution in [3.63, 3.8) is 0 Å². The molecule has 2 aromatic rings.